The third-order valence-corrected chi connectivity index (χ3v) is 5.18. The van der Waals surface area contributed by atoms with E-state index >= 15 is 0 Å². The Kier molecular flexibility index (Phi) is 6.97. The Balaban J connectivity index is 1.55. The van der Waals surface area contributed by atoms with Crippen molar-refractivity contribution in [2.24, 2.45) is 0 Å². The quantitative estimate of drug-likeness (QED) is 0.256. The molecule has 0 aliphatic carbocycles. The van der Waals surface area contributed by atoms with Crippen LogP contribution in [0.4, 0.5) is 17.6 Å². The zero-order chi connectivity index (χ0) is 24.1. The molecule has 1 nitrogen and oxygen atoms in total. The number of methoxy groups -OCH3 is 1. The predicted octanol–water partition coefficient (Wildman–Crippen LogP) is 6.38. The summed E-state index contributed by atoms with van der Waals surface area (Å²) >= 11 is 0. The fourth-order valence-corrected chi connectivity index (χ4v) is 3.36. The molecule has 0 fully saturated rings. The third-order valence-electron chi connectivity index (χ3n) is 5.18. The van der Waals surface area contributed by atoms with Gasteiger partial charge in [-0.2, -0.15) is 0 Å². The molecule has 4 aromatic rings. The van der Waals surface area contributed by atoms with Gasteiger partial charge in [-0.25, -0.2) is 17.6 Å². The maximum absolute atomic E-state index is 14.5. The molecule has 0 spiro atoms. The Bertz CT molecular complexity index is 1460. The molecule has 34 heavy (non-hydrogen) atoms. The number of hydrogen-bond donors (Lipinski definition) is 0. The molecule has 4 aromatic carbocycles. The second-order valence-corrected chi connectivity index (χ2v) is 7.55. The fourth-order valence-electron chi connectivity index (χ4n) is 3.36. The molecule has 0 N–H and O–H groups in total. The molecule has 5 heteroatoms. The first-order chi connectivity index (χ1) is 16.4. The van der Waals surface area contributed by atoms with Gasteiger partial charge >= 0.3 is 0 Å². The van der Waals surface area contributed by atoms with E-state index in [1.54, 1.807) is 7.11 Å². The van der Waals surface area contributed by atoms with Gasteiger partial charge in [-0.15, -0.1) is 0 Å². The van der Waals surface area contributed by atoms with Gasteiger partial charge in [0.25, 0.3) is 0 Å². The summed E-state index contributed by atoms with van der Waals surface area (Å²) in [5.74, 6) is 7.26. The van der Waals surface area contributed by atoms with E-state index in [4.69, 9.17) is 4.74 Å². The summed E-state index contributed by atoms with van der Waals surface area (Å²) in [6.45, 7) is 0.623. The van der Waals surface area contributed by atoms with E-state index in [0.717, 1.165) is 35.7 Å². The van der Waals surface area contributed by atoms with E-state index < -0.39 is 28.8 Å². The van der Waals surface area contributed by atoms with Crippen LogP contribution in [0.5, 0.6) is 0 Å². The molecule has 0 aromatic heterocycles. The number of rotatable bonds is 3. The van der Waals surface area contributed by atoms with Crippen molar-refractivity contribution >= 4 is 10.8 Å². The van der Waals surface area contributed by atoms with Gasteiger partial charge in [0.05, 0.1) is 12.2 Å². The zero-order valence-corrected chi connectivity index (χ0v) is 18.2. The lowest BCUT2D eigenvalue weighted by atomic mass is 10.1. The van der Waals surface area contributed by atoms with Crippen molar-refractivity contribution in [1.29, 1.82) is 0 Å². The van der Waals surface area contributed by atoms with Crippen molar-refractivity contribution < 1.29 is 22.3 Å². The maximum Gasteiger partial charge on any atom is 0.166 e. The van der Waals surface area contributed by atoms with Crippen molar-refractivity contribution in [2.45, 2.75) is 6.42 Å². The molecular formula is C29H18F4O. The SMILES string of the molecule is COCCc1ccc(C#Cc2cc(F)c(C#Cc3ccc4c(F)c(F)ccc4c3)c(F)c2)cc1. The molecule has 4 rings (SSSR count). The molecule has 0 bridgehead atoms. The number of halogens is 4. The van der Waals surface area contributed by atoms with Crippen LogP contribution in [0, 0.1) is 47.0 Å². The Morgan fingerprint density at radius 2 is 1.29 bits per heavy atom. The van der Waals surface area contributed by atoms with Crippen LogP contribution in [-0.2, 0) is 11.2 Å². The molecule has 0 aliphatic heterocycles. The monoisotopic (exact) mass is 458 g/mol. The van der Waals surface area contributed by atoms with Crippen LogP contribution in [0.3, 0.4) is 0 Å². The van der Waals surface area contributed by atoms with Gasteiger partial charge in [-0.05, 0) is 59.8 Å². The van der Waals surface area contributed by atoms with Gasteiger partial charge in [0, 0.05) is 29.2 Å². The van der Waals surface area contributed by atoms with Crippen LogP contribution in [-0.4, -0.2) is 13.7 Å². The predicted molar refractivity (Wildman–Crippen MR) is 124 cm³/mol. The van der Waals surface area contributed by atoms with Gasteiger partial charge in [0.15, 0.2) is 11.6 Å². The smallest absolute Gasteiger partial charge is 0.166 e. The highest BCUT2D eigenvalue weighted by atomic mass is 19.2. The highest BCUT2D eigenvalue weighted by Crippen LogP contribution is 2.22. The molecular weight excluding hydrogens is 440 g/mol. The highest BCUT2D eigenvalue weighted by molar-refractivity contribution is 5.84. The number of fused-ring (bicyclic) bond motifs is 1. The Morgan fingerprint density at radius 3 is 2.00 bits per heavy atom. The first-order valence-corrected chi connectivity index (χ1v) is 10.4. The molecule has 0 amide bonds. The lowest BCUT2D eigenvalue weighted by molar-refractivity contribution is 0.202. The Morgan fingerprint density at radius 1 is 0.647 bits per heavy atom. The summed E-state index contributed by atoms with van der Waals surface area (Å²) in [4.78, 5) is 0. The number of hydrogen-bond acceptors (Lipinski definition) is 1. The van der Waals surface area contributed by atoms with Gasteiger partial charge in [-0.3, -0.25) is 0 Å². The Hall–Kier alpha value is -4.06. The molecule has 0 saturated heterocycles. The van der Waals surface area contributed by atoms with Crippen LogP contribution in [0.25, 0.3) is 10.8 Å². The summed E-state index contributed by atoms with van der Waals surface area (Å²) < 4.78 is 61.3. The standard InChI is InChI=1S/C29H18F4O/c1-34-15-14-20-4-2-19(3-5-20)6-7-22-17-27(31)25(28(32)18-22)12-9-21-8-11-24-23(16-21)10-13-26(30)29(24)33/h2-5,8,10-11,13,16-18H,14-15H2,1H3. The summed E-state index contributed by atoms with van der Waals surface area (Å²) in [6.07, 6.45) is 0.789. The van der Waals surface area contributed by atoms with Crippen molar-refractivity contribution in [2.75, 3.05) is 13.7 Å². The average molecular weight is 458 g/mol. The minimum Gasteiger partial charge on any atom is -0.384 e. The van der Waals surface area contributed by atoms with E-state index in [0.29, 0.717) is 17.6 Å². The summed E-state index contributed by atoms with van der Waals surface area (Å²) in [5, 5.41) is 0.541. The minimum absolute atomic E-state index is 0.107. The van der Waals surface area contributed by atoms with Crippen molar-refractivity contribution in [3.05, 3.63) is 118 Å². The van der Waals surface area contributed by atoms with E-state index in [1.165, 1.54) is 24.3 Å². The second kappa shape index (κ2) is 10.3. The first kappa shape index (κ1) is 23.1. The van der Waals surface area contributed by atoms with Crippen molar-refractivity contribution in [3.8, 4) is 23.7 Å². The molecule has 0 atom stereocenters. The van der Waals surface area contributed by atoms with Gasteiger partial charge < -0.3 is 4.74 Å². The highest BCUT2D eigenvalue weighted by Gasteiger charge is 2.09. The Labute approximate surface area is 195 Å². The average Bonchev–Trinajstić information content (AvgIpc) is 2.84. The summed E-state index contributed by atoms with van der Waals surface area (Å²) in [7, 11) is 1.64. The summed E-state index contributed by atoms with van der Waals surface area (Å²) in [5.41, 5.74) is 2.04. The maximum atomic E-state index is 14.5. The molecule has 0 saturated carbocycles. The second-order valence-electron chi connectivity index (χ2n) is 7.55. The van der Waals surface area contributed by atoms with E-state index in [1.807, 2.05) is 24.3 Å². The molecule has 0 radical (unpaired) electrons. The first-order valence-electron chi connectivity index (χ1n) is 10.4. The topological polar surface area (TPSA) is 9.23 Å². The number of benzene rings is 4. The lowest BCUT2D eigenvalue weighted by Gasteiger charge is -2.02. The van der Waals surface area contributed by atoms with Crippen LogP contribution in [0.15, 0.2) is 66.7 Å². The van der Waals surface area contributed by atoms with E-state index in [-0.39, 0.29) is 10.9 Å². The minimum atomic E-state index is -0.951. The van der Waals surface area contributed by atoms with Crippen molar-refractivity contribution in [3.63, 3.8) is 0 Å². The third kappa shape index (κ3) is 5.29. The lowest BCUT2D eigenvalue weighted by Crippen LogP contribution is -1.94. The molecule has 168 valence electrons. The van der Waals surface area contributed by atoms with Crippen LogP contribution in [0.1, 0.15) is 27.8 Å². The largest absolute Gasteiger partial charge is 0.384 e. The molecule has 0 heterocycles. The summed E-state index contributed by atoms with van der Waals surface area (Å²) in [6, 6.07) is 16.6. The number of ether oxygens (including phenoxy) is 1. The van der Waals surface area contributed by atoms with E-state index in [9.17, 15) is 17.6 Å². The van der Waals surface area contributed by atoms with Crippen LogP contribution in [0.2, 0.25) is 0 Å². The van der Waals surface area contributed by atoms with Gasteiger partial charge in [0.1, 0.15) is 11.6 Å². The molecule has 0 aliphatic rings. The van der Waals surface area contributed by atoms with Crippen LogP contribution < -0.4 is 0 Å². The van der Waals surface area contributed by atoms with Gasteiger partial charge in [-0.1, -0.05) is 47.9 Å². The van der Waals surface area contributed by atoms with Crippen molar-refractivity contribution in [1.82, 2.24) is 0 Å². The molecule has 0 unspecified atom stereocenters. The fraction of sp³-hybridized carbons (Fsp3) is 0.103. The van der Waals surface area contributed by atoms with Gasteiger partial charge in [0.2, 0.25) is 0 Å². The zero-order valence-electron chi connectivity index (χ0n) is 18.2. The normalized spacial score (nSPS) is 10.4. The van der Waals surface area contributed by atoms with Crippen LogP contribution >= 0.6 is 0 Å². The van der Waals surface area contributed by atoms with E-state index in [2.05, 4.69) is 23.7 Å².